The molecule has 94 valence electrons. The van der Waals surface area contributed by atoms with E-state index in [1.54, 1.807) is 0 Å². The molecule has 1 unspecified atom stereocenters. The summed E-state index contributed by atoms with van der Waals surface area (Å²) >= 11 is 0. The first-order valence-electron chi connectivity index (χ1n) is 6.31. The zero-order valence-electron chi connectivity index (χ0n) is 11.0. The lowest BCUT2D eigenvalue weighted by Crippen LogP contribution is -2.41. The molecule has 0 amide bonds. The fraction of sp³-hybridized carbons (Fsp3) is 0.571. The third-order valence-corrected chi connectivity index (χ3v) is 3.30. The van der Waals surface area contributed by atoms with Gasteiger partial charge in [0.2, 0.25) is 0 Å². The van der Waals surface area contributed by atoms with Crippen LogP contribution in [0.5, 0.6) is 0 Å². The molecule has 0 spiro atoms. The molecule has 0 bridgehead atoms. The minimum Gasteiger partial charge on any atom is -0.375 e. The molecule has 0 aromatic heterocycles. The highest BCUT2D eigenvalue weighted by atomic mass is 16.5. The van der Waals surface area contributed by atoms with Gasteiger partial charge >= 0.3 is 0 Å². The summed E-state index contributed by atoms with van der Waals surface area (Å²) in [5.74, 6) is 0. The van der Waals surface area contributed by atoms with Crippen molar-refractivity contribution in [2.75, 3.05) is 31.6 Å². The van der Waals surface area contributed by atoms with Gasteiger partial charge in [-0.1, -0.05) is 6.07 Å². The van der Waals surface area contributed by atoms with Gasteiger partial charge in [-0.25, -0.2) is 0 Å². The molecular formula is C14H22N2O. The van der Waals surface area contributed by atoms with Crippen molar-refractivity contribution in [2.45, 2.75) is 26.5 Å². The van der Waals surface area contributed by atoms with Gasteiger partial charge in [0.1, 0.15) is 0 Å². The van der Waals surface area contributed by atoms with Crippen LogP contribution in [-0.4, -0.2) is 32.8 Å². The second-order valence-electron chi connectivity index (χ2n) is 4.77. The Kier molecular flexibility index (Phi) is 4.02. The number of nitrogens with zero attached hydrogens (tertiary/aromatic N) is 1. The Balaban J connectivity index is 2.13. The van der Waals surface area contributed by atoms with Crippen molar-refractivity contribution in [2.24, 2.45) is 0 Å². The summed E-state index contributed by atoms with van der Waals surface area (Å²) in [7, 11) is 1.98. The van der Waals surface area contributed by atoms with Crippen LogP contribution >= 0.6 is 0 Å². The highest BCUT2D eigenvalue weighted by molar-refractivity contribution is 5.51. The van der Waals surface area contributed by atoms with E-state index >= 15 is 0 Å². The summed E-state index contributed by atoms with van der Waals surface area (Å²) in [6.45, 7) is 8.07. The van der Waals surface area contributed by atoms with E-state index in [9.17, 15) is 0 Å². The molecule has 17 heavy (non-hydrogen) atoms. The van der Waals surface area contributed by atoms with E-state index in [-0.39, 0.29) is 0 Å². The van der Waals surface area contributed by atoms with Crippen LogP contribution in [-0.2, 0) is 11.3 Å². The Morgan fingerprint density at radius 2 is 2.29 bits per heavy atom. The van der Waals surface area contributed by atoms with Gasteiger partial charge in [0.15, 0.2) is 0 Å². The van der Waals surface area contributed by atoms with Gasteiger partial charge < -0.3 is 15.0 Å². The van der Waals surface area contributed by atoms with Crippen LogP contribution in [0.1, 0.15) is 18.1 Å². The minimum atomic E-state index is 0.334. The van der Waals surface area contributed by atoms with E-state index in [0.29, 0.717) is 6.10 Å². The van der Waals surface area contributed by atoms with Crippen molar-refractivity contribution in [1.29, 1.82) is 0 Å². The largest absolute Gasteiger partial charge is 0.375 e. The average Bonchev–Trinajstić information content (AvgIpc) is 2.32. The second kappa shape index (κ2) is 5.52. The summed E-state index contributed by atoms with van der Waals surface area (Å²) in [6, 6.07) is 6.73. The molecule has 2 rings (SSSR count). The van der Waals surface area contributed by atoms with Crippen LogP contribution in [0.25, 0.3) is 0 Å². The van der Waals surface area contributed by atoms with E-state index < -0.39 is 0 Å². The number of hydrogen-bond acceptors (Lipinski definition) is 3. The minimum absolute atomic E-state index is 0.334. The zero-order valence-corrected chi connectivity index (χ0v) is 11.0. The SMILES string of the molecule is CNCc1ccc(N2CCOC(C)C2)cc1C. The monoisotopic (exact) mass is 234 g/mol. The van der Waals surface area contributed by atoms with Crippen LogP contribution in [0.4, 0.5) is 5.69 Å². The summed E-state index contributed by atoms with van der Waals surface area (Å²) < 4.78 is 5.57. The van der Waals surface area contributed by atoms with E-state index in [1.807, 2.05) is 7.05 Å². The van der Waals surface area contributed by atoms with Gasteiger partial charge in [-0.15, -0.1) is 0 Å². The summed E-state index contributed by atoms with van der Waals surface area (Å²) in [4.78, 5) is 2.41. The molecule has 0 saturated carbocycles. The number of anilines is 1. The van der Waals surface area contributed by atoms with Crippen molar-refractivity contribution in [1.82, 2.24) is 5.32 Å². The molecule has 0 aliphatic carbocycles. The van der Waals surface area contributed by atoms with E-state index in [0.717, 1.165) is 26.2 Å². The highest BCUT2D eigenvalue weighted by Crippen LogP contribution is 2.21. The molecule has 3 heteroatoms. The molecule has 1 aliphatic rings. The maximum absolute atomic E-state index is 5.57. The molecule has 1 aromatic carbocycles. The molecule has 0 radical (unpaired) electrons. The molecule has 1 aliphatic heterocycles. The Morgan fingerprint density at radius 3 is 2.94 bits per heavy atom. The van der Waals surface area contributed by atoms with Crippen molar-refractivity contribution in [3.05, 3.63) is 29.3 Å². The third-order valence-electron chi connectivity index (χ3n) is 3.30. The number of hydrogen-bond donors (Lipinski definition) is 1. The molecule has 1 saturated heterocycles. The smallest absolute Gasteiger partial charge is 0.0722 e. The zero-order chi connectivity index (χ0) is 12.3. The van der Waals surface area contributed by atoms with E-state index in [1.165, 1.54) is 16.8 Å². The van der Waals surface area contributed by atoms with Gasteiger partial charge in [0, 0.05) is 25.3 Å². The number of nitrogens with one attached hydrogen (secondary N) is 1. The predicted molar refractivity (Wildman–Crippen MR) is 71.6 cm³/mol. The molecular weight excluding hydrogens is 212 g/mol. The number of ether oxygens (including phenoxy) is 1. The molecule has 3 nitrogen and oxygen atoms in total. The molecule has 1 heterocycles. The first kappa shape index (κ1) is 12.4. The topological polar surface area (TPSA) is 24.5 Å². The van der Waals surface area contributed by atoms with Crippen LogP contribution < -0.4 is 10.2 Å². The highest BCUT2D eigenvalue weighted by Gasteiger charge is 2.17. The lowest BCUT2D eigenvalue weighted by atomic mass is 10.1. The van der Waals surface area contributed by atoms with E-state index in [4.69, 9.17) is 4.74 Å². The van der Waals surface area contributed by atoms with Crippen molar-refractivity contribution >= 4 is 5.69 Å². The van der Waals surface area contributed by atoms with Crippen molar-refractivity contribution < 1.29 is 4.74 Å². The Morgan fingerprint density at radius 1 is 1.47 bits per heavy atom. The van der Waals surface area contributed by atoms with Gasteiger partial charge in [-0.3, -0.25) is 0 Å². The molecule has 1 aromatic rings. The first-order chi connectivity index (χ1) is 8.20. The standard InChI is InChI=1S/C14H22N2O/c1-11-8-14(5-4-13(11)9-15-3)16-6-7-17-12(2)10-16/h4-5,8,12,15H,6-7,9-10H2,1-3H3. The van der Waals surface area contributed by atoms with Gasteiger partial charge in [-0.2, -0.15) is 0 Å². The lowest BCUT2D eigenvalue weighted by Gasteiger charge is -2.33. The first-order valence-corrected chi connectivity index (χ1v) is 6.31. The van der Waals surface area contributed by atoms with E-state index in [2.05, 4.69) is 42.3 Å². The van der Waals surface area contributed by atoms with Gasteiger partial charge in [0.25, 0.3) is 0 Å². The molecule has 1 fully saturated rings. The number of morpholine rings is 1. The lowest BCUT2D eigenvalue weighted by molar-refractivity contribution is 0.0532. The van der Waals surface area contributed by atoms with Crippen molar-refractivity contribution in [3.8, 4) is 0 Å². The normalized spacial score (nSPS) is 20.6. The Labute approximate surface area is 104 Å². The third kappa shape index (κ3) is 2.99. The summed E-state index contributed by atoms with van der Waals surface area (Å²) in [6.07, 6.45) is 0.334. The van der Waals surface area contributed by atoms with Crippen LogP contribution in [0, 0.1) is 6.92 Å². The fourth-order valence-electron chi connectivity index (χ4n) is 2.32. The Bertz CT molecular complexity index is 378. The van der Waals surface area contributed by atoms with Gasteiger partial charge in [-0.05, 0) is 44.2 Å². The summed E-state index contributed by atoms with van der Waals surface area (Å²) in [5, 5.41) is 3.20. The molecule has 1 N–H and O–H groups in total. The van der Waals surface area contributed by atoms with Gasteiger partial charge in [0.05, 0.1) is 12.7 Å². The van der Waals surface area contributed by atoms with Crippen molar-refractivity contribution in [3.63, 3.8) is 0 Å². The predicted octanol–water partition coefficient (Wildman–Crippen LogP) is 1.94. The fourth-order valence-corrected chi connectivity index (χ4v) is 2.32. The number of benzene rings is 1. The Hall–Kier alpha value is -1.06. The van der Waals surface area contributed by atoms with Crippen LogP contribution in [0.2, 0.25) is 0 Å². The second-order valence-corrected chi connectivity index (χ2v) is 4.77. The number of rotatable bonds is 3. The quantitative estimate of drug-likeness (QED) is 0.865. The molecule has 1 atom stereocenters. The number of aryl methyl sites for hydroxylation is 1. The average molecular weight is 234 g/mol. The van der Waals surface area contributed by atoms with Crippen LogP contribution in [0.3, 0.4) is 0 Å². The maximum Gasteiger partial charge on any atom is 0.0722 e. The summed E-state index contributed by atoms with van der Waals surface area (Å²) in [5.41, 5.74) is 4.05. The maximum atomic E-state index is 5.57. The van der Waals surface area contributed by atoms with Crippen LogP contribution in [0.15, 0.2) is 18.2 Å².